The molecule has 0 saturated heterocycles. The summed E-state index contributed by atoms with van der Waals surface area (Å²) in [5, 5.41) is 5.35. The van der Waals surface area contributed by atoms with E-state index in [4.69, 9.17) is 4.52 Å². The van der Waals surface area contributed by atoms with E-state index in [1.807, 2.05) is 0 Å². The van der Waals surface area contributed by atoms with Crippen LogP contribution in [0.4, 0.5) is 0 Å². The van der Waals surface area contributed by atoms with Crippen molar-refractivity contribution < 1.29 is 4.52 Å². The maximum Gasteiger partial charge on any atom is 0.167 e. The minimum Gasteiger partial charge on any atom is -0.356 e. The number of fused-ring (bicyclic) bond motifs is 1. The van der Waals surface area contributed by atoms with Gasteiger partial charge < -0.3 is 4.52 Å². The molecule has 0 saturated carbocycles. The van der Waals surface area contributed by atoms with Crippen molar-refractivity contribution in [1.82, 2.24) is 5.16 Å². The molecule has 2 heteroatoms. The van der Waals surface area contributed by atoms with Crippen LogP contribution < -0.4 is 0 Å². The Balaban J connectivity index is 2.31. The van der Waals surface area contributed by atoms with E-state index in [1.165, 1.54) is 10.9 Å². The first-order chi connectivity index (χ1) is 8.06. The topological polar surface area (TPSA) is 26.0 Å². The van der Waals surface area contributed by atoms with Gasteiger partial charge in [0.1, 0.15) is 0 Å². The Morgan fingerprint density at radius 3 is 2.41 bits per heavy atom. The lowest BCUT2D eigenvalue weighted by atomic mass is 10.0. The number of nitrogens with zero attached hydrogens (tertiary/aromatic N) is 1. The molecule has 0 fully saturated rings. The Morgan fingerprint density at radius 1 is 1.06 bits per heavy atom. The van der Waals surface area contributed by atoms with Gasteiger partial charge in [0.25, 0.3) is 0 Å². The highest BCUT2D eigenvalue weighted by atomic mass is 16.5. The molecular weight excluding hydrogens is 210 g/mol. The molecular formula is C15H21NO. The first-order valence-corrected chi connectivity index (χ1v) is 6.43. The van der Waals surface area contributed by atoms with E-state index in [0.29, 0.717) is 11.8 Å². The fourth-order valence-electron chi connectivity index (χ4n) is 2.17. The number of rotatable bonds is 4. The Morgan fingerprint density at radius 2 is 1.76 bits per heavy atom. The first-order valence-electron chi connectivity index (χ1n) is 6.43. The van der Waals surface area contributed by atoms with Gasteiger partial charge in [-0.2, -0.15) is 0 Å². The number of benzene rings is 1. The van der Waals surface area contributed by atoms with Gasteiger partial charge in [0, 0.05) is 5.39 Å². The molecule has 2 nitrogen and oxygen atoms in total. The van der Waals surface area contributed by atoms with Crippen molar-refractivity contribution in [3.05, 3.63) is 29.5 Å². The zero-order valence-corrected chi connectivity index (χ0v) is 11.2. The van der Waals surface area contributed by atoms with Crippen molar-refractivity contribution in [2.45, 2.75) is 40.5 Å². The summed E-state index contributed by atoms with van der Waals surface area (Å²) in [5.41, 5.74) is 3.35. The quantitative estimate of drug-likeness (QED) is 0.787. The van der Waals surface area contributed by atoms with Gasteiger partial charge in [-0.3, -0.25) is 0 Å². The van der Waals surface area contributed by atoms with Crippen molar-refractivity contribution in [3.8, 4) is 0 Å². The maximum absolute atomic E-state index is 5.42. The molecule has 0 radical (unpaired) electrons. The van der Waals surface area contributed by atoms with E-state index < -0.39 is 0 Å². The van der Waals surface area contributed by atoms with Crippen LogP contribution in [0, 0.1) is 11.8 Å². The Hall–Kier alpha value is -1.31. The smallest absolute Gasteiger partial charge is 0.167 e. The molecule has 0 bridgehead atoms. The summed E-state index contributed by atoms with van der Waals surface area (Å²) in [7, 11) is 0. The molecule has 0 amide bonds. The third kappa shape index (κ3) is 2.87. The largest absolute Gasteiger partial charge is 0.356 e. The highest BCUT2D eigenvalue weighted by Gasteiger charge is 2.10. The summed E-state index contributed by atoms with van der Waals surface area (Å²) in [6, 6.07) is 6.48. The van der Waals surface area contributed by atoms with Crippen molar-refractivity contribution in [1.29, 1.82) is 0 Å². The molecule has 1 aromatic carbocycles. The SMILES string of the molecule is CC(C)Cc1ccc2c(CC(C)C)noc2c1. The highest BCUT2D eigenvalue weighted by Crippen LogP contribution is 2.23. The second kappa shape index (κ2) is 4.91. The molecule has 92 valence electrons. The van der Waals surface area contributed by atoms with Gasteiger partial charge in [-0.15, -0.1) is 0 Å². The lowest BCUT2D eigenvalue weighted by molar-refractivity contribution is 0.439. The summed E-state index contributed by atoms with van der Waals surface area (Å²) < 4.78 is 5.42. The lowest BCUT2D eigenvalue weighted by Crippen LogP contribution is -1.95. The van der Waals surface area contributed by atoms with Gasteiger partial charge in [0.2, 0.25) is 0 Å². The van der Waals surface area contributed by atoms with Crippen LogP contribution in [-0.4, -0.2) is 5.16 Å². The lowest BCUT2D eigenvalue weighted by Gasteiger charge is -2.04. The van der Waals surface area contributed by atoms with Gasteiger partial charge >= 0.3 is 0 Å². The zero-order chi connectivity index (χ0) is 12.4. The molecule has 0 spiro atoms. The third-order valence-corrected chi connectivity index (χ3v) is 2.86. The average molecular weight is 231 g/mol. The second-order valence-corrected chi connectivity index (χ2v) is 5.66. The van der Waals surface area contributed by atoms with Crippen LogP contribution in [-0.2, 0) is 12.8 Å². The fraction of sp³-hybridized carbons (Fsp3) is 0.533. The predicted molar refractivity (Wildman–Crippen MR) is 71.1 cm³/mol. The van der Waals surface area contributed by atoms with Crippen LogP contribution >= 0.6 is 0 Å². The third-order valence-electron chi connectivity index (χ3n) is 2.86. The standard InChI is InChI=1S/C15H21NO/c1-10(2)7-12-5-6-13-14(8-11(3)4)16-17-15(13)9-12/h5-6,9-11H,7-8H2,1-4H3. The fourth-order valence-corrected chi connectivity index (χ4v) is 2.17. The summed E-state index contributed by atoms with van der Waals surface area (Å²) in [4.78, 5) is 0. The molecule has 17 heavy (non-hydrogen) atoms. The minimum absolute atomic E-state index is 0.610. The molecule has 0 atom stereocenters. The molecule has 0 aliphatic heterocycles. The van der Waals surface area contributed by atoms with Crippen LogP contribution in [0.15, 0.2) is 22.7 Å². The highest BCUT2D eigenvalue weighted by molar-refractivity contribution is 5.80. The molecule has 2 aromatic rings. The van der Waals surface area contributed by atoms with Crippen LogP contribution in [0.25, 0.3) is 11.0 Å². The summed E-state index contributed by atoms with van der Waals surface area (Å²) >= 11 is 0. The number of aromatic nitrogens is 1. The van der Waals surface area contributed by atoms with Crippen molar-refractivity contribution in [2.75, 3.05) is 0 Å². The molecule has 0 unspecified atom stereocenters. The van der Waals surface area contributed by atoms with E-state index in [2.05, 4.69) is 51.1 Å². The van der Waals surface area contributed by atoms with Crippen molar-refractivity contribution in [3.63, 3.8) is 0 Å². The van der Waals surface area contributed by atoms with E-state index in [1.54, 1.807) is 0 Å². The molecule has 1 aromatic heterocycles. The number of hydrogen-bond donors (Lipinski definition) is 0. The number of hydrogen-bond acceptors (Lipinski definition) is 2. The Labute approximate surface area is 103 Å². The second-order valence-electron chi connectivity index (χ2n) is 5.66. The Kier molecular flexibility index (Phi) is 3.51. The van der Waals surface area contributed by atoms with E-state index in [9.17, 15) is 0 Å². The molecule has 2 rings (SSSR count). The van der Waals surface area contributed by atoms with Crippen molar-refractivity contribution in [2.24, 2.45) is 11.8 Å². The Bertz CT molecular complexity index is 497. The molecule has 0 aliphatic rings. The monoisotopic (exact) mass is 231 g/mol. The van der Waals surface area contributed by atoms with Gasteiger partial charge in [0.05, 0.1) is 5.69 Å². The first kappa shape index (κ1) is 12.2. The van der Waals surface area contributed by atoms with Crippen LogP contribution in [0.3, 0.4) is 0 Å². The summed E-state index contributed by atoms with van der Waals surface area (Å²) in [6.07, 6.45) is 2.08. The van der Waals surface area contributed by atoms with Crippen molar-refractivity contribution >= 4 is 11.0 Å². The summed E-state index contributed by atoms with van der Waals surface area (Å²) in [5.74, 6) is 1.28. The van der Waals surface area contributed by atoms with Gasteiger partial charge in [-0.1, -0.05) is 38.9 Å². The van der Waals surface area contributed by atoms with Crippen LogP contribution in [0.1, 0.15) is 39.0 Å². The normalized spacial score (nSPS) is 11.9. The van der Waals surface area contributed by atoms with Gasteiger partial charge in [-0.05, 0) is 42.4 Å². The van der Waals surface area contributed by atoms with Crippen LogP contribution in [0.5, 0.6) is 0 Å². The average Bonchev–Trinajstić information content (AvgIpc) is 2.59. The molecule has 1 heterocycles. The minimum atomic E-state index is 0.610. The molecule has 0 aliphatic carbocycles. The zero-order valence-electron chi connectivity index (χ0n) is 11.2. The van der Waals surface area contributed by atoms with E-state index in [0.717, 1.165) is 24.1 Å². The maximum atomic E-state index is 5.42. The summed E-state index contributed by atoms with van der Waals surface area (Å²) in [6.45, 7) is 8.87. The predicted octanol–water partition coefficient (Wildman–Crippen LogP) is 4.22. The van der Waals surface area contributed by atoms with E-state index in [-0.39, 0.29) is 0 Å². The van der Waals surface area contributed by atoms with Crippen LogP contribution in [0.2, 0.25) is 0 Å². The molecule has 0 N–H and O–H groups in total. The van der Waals surface area contributed by atoms with Gasteiger partial charge in [-0.25, -0.2) is 0 Å². The van der Waals surface area contributed by atoms with E-state index >= 15 is 0 Å². The van der Waals surface area contributed by atoms with Gasteiger partial charge in [0.15, 0.2) is 5.58 Å².